The van der Waals surface area contributed by atoms with Gasteiger partial charge in [-0.1, -0.05) is 25.3 Å². The molecule has 120 valence electrons. The largest absolute Gasteiger partial charge is 0.384 e. The first kappa shape index (κ1) is 15.3. The number of nitrogens with zero attached hydrogens (tertiary/aromatic N) is 2. The molecule has 0 radical (unpaired) electrons. The zero-order valence-corrected chi connectivity index (χ0v) is 13.0. The lowest BCUT2D eigenvalue weighted by Gasteiger charge is -2.34. The van der Waals surface area contributed by atoms with Crippen molar-refractivity contribution in [3.63, 3.8) is 0 Å². The summed E-state index contributed by atoms with van der Waals surface area (Å²) in [6.45, 7) is 1.84. The molecule has 1 saturated carbocycles. The molecule has 22 heavy (non-hydrogen) atoms. The minimum absolute atomic E-state index is 0.160. The highest BCUT2D eigenvalue weighted by atomic mass is 16.5. The molecule has 1 amide bonds. The van der Waals surface area contributed by atoms with Gasteiger partial charge >= 0.3 is 0 Å². The predicted molar refractivity (Wildman–Crippen MR) is 85.1 cm³/mol. The van der Waals surface area contributed by atoms with Crippen LogP contribution < -0.4 is 5.73 Å². The first-order valence-electron chi connectivity index (χ1n) is 8.34. The molecule has 1 aliphatic heterocycles. The molecule has 1 saturated heterocycles. The van der Waals surface area contributed by atoms with Gasteiger partial charge in [0.25, 0.3) is 0 Å². The van der Waals surface area contributed by atoms with Crippen molar-refractivity contribution in [1.82, 2.24) is 9.88 Å². The van der Waals surface area contributed by atoms with Gasteiger partial charge in [0.05, 0.1) is 18.8 Å². The number of aromatic nitrogens is 1. The minimum atomic E-state index is -0.160. The highest BCUT2D eigenvalue weighted by Crippen LogP contribution is 2.28. The van der Waals surface area contributed by atoms with Gasteiger partial charge in [0.2, 0.25) is 5.91 Å². The second kappa shape index (κ2) is 7.09. The smallest absolute Gasteiger partial charge is 0.223 e. The van der Waals surface area contributed by atoms with Gasteiger partial charge < -0.3 is 15.4 Å². The fourth-order valence-corrected chi connectivity index (χ4v) is 3.47. The topological polar surface area (TPSA) is 68.5 Å². The number of morpholine rings is 1. The molecule has 1 aliphatic carbocycles. The monoisotopic (exact) mass is 303 g/mol. The number of hydrogen-bond donors (Lipinski definition) is 1. The van der Waals surface area contributed by atoms with Crippen molar-refractivity contribution in [1.29, 1.82) is 0 Å². The van der Waals surface area contributed by atoms with E-state index in [1.165, 1.54) is 32.1 Å². The zero-order chi connectivity index (χ0) is 15.4. The highest BCUT2D eigenvalue weighted by molar-refractivity contribution is 5.76. The van der Waals surface area contributed by atoms with Crippen LogP contribution in [0.1, 0.15) is 50.3 Å². The van der Waals surface area contributed by atoms with Crippen LogP contribution in [-0.4, -0.2) is 35.5 Å². The Morgan fingerprint density at radius 3 is 2.91 bits per heavy atom. The summed E-state index contributed by atoms with van der Waals surface area (Å²) in [5.74, 6) is 1.34. The van der Waals surface area contributed by atoms with Crippen LogP contribution in [0.15, 0.2) is 18.2 Å². The quantitative estimate of drug-likeness (QED) is 0.931. The average Bonchev–Trinajstić information content (AvgIpc) is 2.56. The summed E-state index contributed by atoms with van der Waals surface area (Å²) in [6, 6.07) is 5.55. The van der Waals surface area contributed by atoms with Crippen LogP contribution in [0.4, 0.5) is 5.82 Å². The van der Waals surface area contributed by atoms with Crippen LogP contribution in [-0.2, 0) is 9.53 Å². The van der Waals surface area contributed by atoms with Gasteiger partial charge in [-0.25, -0.2) is 4.98 Å². The van der Waals surface area contributed by atoms with Crippen LogP contribution in [0.5, 0.6) is 0 Å². The van der Waals surface area contributed by atoms with Gasteiger partial charge in [0.1, 0.15) is 11.9 Å². The third kappa shape index (κ3) is 3.77. The number of nitrogens with two attached hydrogens (primary N) is 1. The molecular weight excluding hydrogens is 278 g/mol. The molecule has 3 rings (SSSR count). The van der Waals surface area contributed by atoms with E-state index in [1.54, 1.807) is 6.07 Å². The third-order valence-electron chi connectivity index (χ3n) is 4.73. The summed E-state index contributed by atoms with van der Waals surface area (Å²) in [6.07, 6.45) is 6.82. The number of amides is 1. The van der Waals surface area contributed by atoms with Crippen LogP contribution in [0.2, 0.25) is 0 Å². The normalized spacial score (nSPS) is 23.5. The maximum Gasteiger partial charge on any atom is 0.223 e. The molecule has 2 N–H and O–H groups in total. The molecule has 2 fully saturated rings. The number of hydrogen-bond acceptors (Lipinski definition) is 4. The summed E-state index contributed by atoms with van der Waals surface area (Å²) in [7, 11) is 0. The molecule has 1 aromatic rings. The lowest BCUT2D eigenvalue weighted by Crippen LogP contribution is -2.43. The number of carbonyl (C=O) groups excluding carboxylic acids is 1. The number of ether oxygens (including phenoxy) is 1. The molecule has 2 aliphatic rings. The predicted octanol–water partition coefficient (Wildman–Crippen LogP) is 2.53. The molecule has 0 spiro atoms. The maximum absolute atomic E-state index is 12.5. The second-order valence-corrected chi connectivity index (χ2v) is 6.39. The van der Waals surface area contributed by atoms with Crippen molar-refractivity contribution in [3.8, 4) is 0 Å². The minimum Gasteiger partial charge on any atom is -0.384 e. The standard InChI is InChI=1S/C17H25N3O2/c18-16-8-4-7-14(19-16)15-12-20(9-10-22-15)17(21)11-13-5-2-1-3-6-13/h4,7-8,13,15H,1-3,5-6,9-12H2,(H2,18,19)/t15-/m1/s1. The Morgan fingerprint density at radius 1 is 1.32 bits per heavy atom. The van der Waals surface area contributed by atoms with Gasteiger partial charge in [-0.2, -0.15) is 0 Å². The van der Waals surface area contributed by atoms with Crippen molar-refractivity contribution in [2.45, 2.75) is 44.6 Å². The molecule has 2 heterocycles. The number of nitrogen functional groups attached to an aromatic ring is 1. The Morgan fingerprint density at radius 2 is 2.14 bits per heavy atom. The van der Waals surface area contributed by atoms with Crippen molar-refractivity contribution < 1.29 is 9.53 Å². The summed E-state index contributed by atoms with van der Waals surface area (Å²) >= 11 is 0. The second-order valence-electron chi connectivity index (χ2n) is 6.39. The van der Waals surface area contributed by atoms with E-state index in [4.69, 9.17) is 10.5 Å². The van der Waals surface area contributed by atoms with Gasteiger partial charge in [-0.15, -0.1) is 0 Å². The van der Waals surface area contributed by atoms with E-state index < -0.39 is 0 Å². The Labute approximate surface area is 131 Å². The van der Waals surface area contributed by atoms with E-state index in [0.717, 1.165) is 5.69 Å². The van der Waals surface area contributed by atoms with Crippen molar-refractivity contribution >= 4 is 11.7 Å². The first-order chi connectivity index (χ1) is 10.7. The van der Waals surface area contributed by atoms with Crippen molar-refractivity contribution in [2.24, 2.45) is 5.92 Å². The van der Waals surface area contributed by atoms with Crippen LogP contribution in [0.3, 0.4) is 0 Å². The van der Waals surface area contributed by atoms with Crippen molar-refractivity contribution in [3.05, 3.63) is 23.9 Å². The van der Waals surface area contributed by atoms with Crippen molar-refractivity contribution in [2.75, 3.05) is 25.4 Å². The average molecular weight is 303 g/mol. The number of pyridine rings is 1. The molecule has 5 heteroatoms. The summed E-state index contributed by atoms with van der Waals surface area (Å²) < 4.78 is 5.78. The number of carbonyl (C=O) groups is 1. The van der Waals surface area contributed by atoms with Gasteiger partial charge in [0.15, 0.2) is 0 Å². The lowest BCUT2D eigenvalue weighted by molar-refractivity contribution is -0.140. The van der Waals surface area contributed by atoms with Gasteiger partial charge in [0, 0.05) is 13.0 Å². The number of rotatable bonds is 3. The highest BCUT2D eigenvalue weighted by Gasteiger charge is 2.28. The Balaban J connectivity index is 1.58. The fourth-order valence-electron chi connectivity index (χ4n) is 3.47. The summed E-state index contributed by atoms with van der Waals surface area (Å²) in [4.78, 5) is 18.8. The molecule has 0 bridgehead atoms. The van der Waals surface area contributed by atoms with Gasteiger partial charge in [-0.05, 0) is 30.9 Å². The van der Waals surface area contributed by atoms with E-state index in [0.29, 0.717) is 37.9 Å². The fraction of sp³-hybridized carbons (Fsp3) is 0.647. The maximum atomic E-state index is 12.5. The Hall–Kier alpha value is -1.62. The van der Waals surface area contributed by atoms with Crippen LogP contribution >= 0.6 is 0 Å². The van der Waals surface area contributed by atoms with Gasteiger partial charge in [-0.3, -0.25) is 4.79 Å². The molecular formula is C17H25N3O2. The SMILES string of the molecule is Nc1cccc([C@H]2CN(C(=O)CC3CCCCC3)CCO2)n1. The third-order valence-corrected chi connectivity index (χ3v) is 4.73. The Kier molecular flexibility index (Phi) is 4.93. The van der Waals surface area contributed by atoms with Crippen LogP contribution in [0.25, 0.3) is 0 Å². The molecule has 1 aromatic heterocycles. The first-order valence-corrected chi connectivity index (χ1v) is 8.34. The summed E-state index contributed by atoms with van der Waals surface area (Å²) in [5, 5.41) is 0. The van der Waals surface area contributed by atoms with E-state index in [-0.39, 0.29) is 12.0 Å². The molecule has 0 unspecified atom stereocenters. The molecule has 1 atom stereocenters. The molecule has 5 nitrogen and oxygen atoms in total. The van der Waals surface area contributed by atoms with Crippen LogP contribution in [0, 0.1) is 5.92 Å². The van der Waals surface area contributed by atoms with E-state index in [9.17, 15) is 4.79 Å². The Bertz CT molecular complexity index is 514. The summed E-state index contributed by atoms with van der Waals surface area (Å²) in [5.41, 5.74) is 6.55. The van der Waals surface area contributed by atoms with E-state index >= 15 is 0 Å². The van der Waals surface area contributed by atoms with E-state index in [2.05, 4.69) is 4.98 Å². The van der Waals surface area contributed by atoms with E-state index in [1.807, 2.05) is 17.0 Å². The number of anilines is 1. The lowest BCUT2D eigenvalue weighted by atomic mass is 9.86. The molecule has 0 aromatic carbocycles. The zero-order valence-electron chi connectivity index (χ0n) is 13.0.